The first kappa shape index (κ1) is 18.6. The lowest BCUT2D eigenvalue weighted by molar-refractivity contribution is -0.119. The molecule has 0 aromatic heterocycles. The third-order valence-corrected chi connectivity index (χ3v) is 5.41. The molecule has 0 spiro atoms. The topological polar surface area (TPSA) is 47.6 Å². The van der Waals surface area contributed by atoms with Crippen LogP contribution in [0, 0.1) is 6.92 Å². The van der Waals surface area contributed by atoms with Crippen molar-refractivity contribution >= 4 is 17.7 Å². The van der Waals surface area contributed by atoms with E-state index in [0.717, 1.165) is 22.0 Å². The van der Waals surface area contributed by atoms with Gasteiger partial charge >= 0.3 is 0 Å². The van der Waals surface area contributed by atoms with Gasteiger partial charge in [-0.2, -0.15) is 0 Å². The van der Waals surface area contributed by atoms with Crippen LogP contribution in [0.5, 0.6) is 11.5 Å². The number of nitrogens with one attached hydrogen (secondary N) is 1. The van der Waals surface area contributed by atoms with Crippen molar-refractivity contribution in [2.75, 3.05) is 12.9 Å². The van der Waals surface area contributed by atoms with Crippen LogP contribution in [0.1, 0.15) is 37.4 Å². The van der Waals surface area contributed by atoms with Gasteiger partial charge in [0.05, 0.1) is 18.9 Å². The number of carbonyl (C=O) groups excluding carboxylic acids is 1. The molecule has 1 amide bonds. The second-order valence-electron chi connectivity index (χ2n) is 7.19. The predicted octanol–water partition coefficient (Wildman–Crippen LogP) is 4.51. The van der Waals surface area contributed by atoms with E-state index in [9.17, 15) is 4.79 Å². The van der Waals surface area contributed by atoms with Gasteiger partial charge in [-0.3, -0.25) is 4.79 Å². The molecule has 1 heterocycles. The first-order valence-electron chi connectivity index (χ1n) is 8.72. The van der Waals surface area contributed by atoms with Gasteiger partial charge in [-0.25, -0.2) is 0 Å². The fourth-order valence-corrected chi connectivity index (χ4v) is 3.82. The van der Waals surface area contributed by atoms with E-state index in [-0.39, 0.29) is 17.6 Å². The zero-order chi connectivity index (χ0) is 18.7. The second-order valence-corrected chi connectivity index (χ2v) is 8.24. The maximum atomic E-state index is 12.5. The normalized spacial score (nSPS) is 17.8. The standard InChI is InChI=1S/C21H25NO3S/c1-14-5-8-16(9-6-14)26-13-20(23)22-18-12-21(2,3)25-19-10-7-15(24-4)11-17(18)19/h5-11,18H,12-13H2,1-4H3,(H,22,23). The Kier molecular flexibility index (Phi) is 5.47. The number of methoxy groups -OCH3 is 1. The molecular formula is C21H25NO3S. The first-order valence-corrected chi connectivity index (χ1v) is 9.71. The molecule has 26 heavy (non-hydrogen) atoms. The van der Waals surface area contributed by atoms with Crippen molar-refractivity contribution in [1.29, 1.82) is 0 Å². The monoisotopic (exact) mass is 371 g/mol. The molecule has 1 aliphatic rings. The van der Waals surface area contributed by atoms with E-state index in [1.807, 2.05) is 44.2 Å². The Hall–Kier alpha value is -2.14. The minimum atomic E-state index is -0.330. The van der Waals surface area contributed by atoms with Gasteiger partial charge in [0.15, 0.2) is 0 Å². The van der Waals surface area contributed by atoms with Crippen LogP contribution in [-0.4, -0.2) is 24.4 Å². The zero-order valence-corrected chi connectivity index (χ0v) is 16.5. The SMILES string of the molecule is COc1ccc2c(c1)C(NC(=O)CSc1ccc(C)cc1)CC(C)(C)O2. The van der Waals surface area contributed by atoms with Crippen molar-refractivity contribution in [3.8, 4) is 11.5 Å². The van der Waals surface area contributed by atoms with Gasteiger partial charge in [-0.15, -0.1) is 11.8 Å². The number of thioether (sulfide) groups is 1. The molecule has 1 atom stereocenters. The minimum Gasteiger partial charge on any atom is -0.497 e. The van der Waals surface area contributed by atoms with Crippen LogP contribution >= 0.6 is 11.8 Å². The third kappa shape index (κ3) is 4.52. The van der Waals surface area contributed by atoms with Crippen molar-refractivity contribution in [3.63, 3.8) is 0 Å². The summed E-state index contributed by atoms with van der Waals surface area (Å²) in [4.78, 5) is 13.6. The molecule has 3 rings (SSSR count). The van der Waals surface area contributed by atoms with Gasteiger partial charge in [0.2, 0.25) is 5.91 Å². The highest BCUT2D eigenvalue weighted by atomic mass is 32.2. The van der Waals surface area contributed by atoms with Crippen molar-refractivity contribution in [1.82, 2.24) is 5.32 Å². The van der Waals surface area contributed by atoms with Crippen molar-refractivity contribution in [3.05, 3.63) is 53.6 Å². The lowest BCUT2D eigenvalue weighted by atomic mass is 9.89. The summed E-state index contributed by atoms with van der Waals surface area (Å²) in [6, 6.07) is 13.9. The largest absolute Gasteiger partial charge is 0.497 e. The summed E-state index contributed by atoms with van der Waals surface area (Å²) in [5, 5.41) is 3.17. The molecule has 138 valence electrons. The molecule has 0 saturated carbocycles. The molecule has 0 saturated heterocycles. The van der Waals surface area contributed by atoms with Crippen LogP contribution < -0.4 is 14.8 Å². The molecule has 0 bridgehead atoms. The Morgan fingerprint density at radius 1 is 1.27 bits per heavy atom. The Balaban J connectivity index is 1.70. The van der Waals surface area contributed by atoms with Crippen LogP contribution in [0.25, 0.3) is 0 Å². The van der Waals surface area contributed by atoms with Gasteiger partial charge in [-0.05, 0) is 51.1 Å². The second kappa shape index (κ2) is 7.62. The number of amides is 1. The van der Waals surface area contributed by atoms with E-state index in [1.54, 1.807) is 18.9 Å². The molecule has 2 aromatic carbocycles. The Bertz CT molecular complexity index is 786. The average molecular weight is 372 g/mol. The number of aryl methyl sites for hydroxylation is 1. The van der Waals surface area contributed by atoms with Crippen molar-refractivity contribution in [2.45, 2.75) is 43.7 Å². The summed E-state index contributed by atoms with van der Waals surface area (Å²) in [5.74, 6) is 1.98. The van der Waals surface area contributed by atoms with E-state index < -0.39 is 0 Å². The molecule has 1 N–H and O–H groups in total. The fraction of sp³-hybridized carbons (Fsp3) is 0.381. The van der Waals surface area contributed by atoms with E-state index in [2.05, 4.69) is 24.4 Å². The van der Waals surface area contributed by atoms with Gasteiger partial charge in [-0.1, -0.05) is 17.7 Å². The van der Waals surface area contributed by atoms with Crippen LogP contribution in [0.2, 0.25) is 0 Å². The van der Waals surface area contributed by atoms with E-state index in [4.69, 9.17) is 9.47 Å². The summed E-state index contributed by atoms with van der Waals surface area (Å²) >= 11 is 1.55. The summed E-state index contributed by atoms with van der Waals surface area (Å²) < 4.78 is 11.4. The maximum Gasteiger partial charge on any atom is 0.230 e. The molecule has 1 aliphatic heterocycles. The summed E-state index contributed by atoms with van der Waals surface area (Å²) in [6.07, 6.45) is 0.716. The number of ether oxygens (including phenoxy) is 2. The zero-order valence-electron chi connectivity index (χ0n) is 15.7. The number of rotatable bonds is 5. The molecule has 0 radical (unpaired) electrons. The van der Waals surface area contributed by atoms with Gasteiger partial charge < -0.3 is 14.8 Å². The summed E-state index contributed by atoms with van der Waals surface area (Å²) in [5.41, 5.74) is 1.86. The molecule has 0 fully saturated rings. The van der Waals surface area contributed by atoms with E-state index >= 15 is 0 Å². The Labute approximate surface area is 159 Å². The van der Waals surface area contributed by atoms with Crippen LogP contribution in [-0.2, 0) is 4.79 Å². The van der Waals surface area contributed by atoms with Gasteiger partial charge in [0.25, 0.3) is 0 Å². The molecule has 4 nitrogen and oxygen atoms in total. The Morgan fingerprint density at radius 2 is 2.00 bits per heavy atom. The minimum absolute atomic E-state index is 0.0204. The number of fused-ring (bicyclic) bond motifs is 1. The van der Waals surface area contributed by atoms with E-state index in [1.165, 1.54) is 5.56 Å². The number of hydrogen-bond acceptors (Lipinski definition) is 4. The lowest BCUT2D eigenvalue weighted by Gasteiger charge is -2.38. The van der Waals surface area contributed by atoms with Crippen LogP contribution in [0.15, 0.2) is 47.4 Å². The van der Waals surface area contributed by atoms with Gasteiger partial charge in [0, 0.05) is 16.9 Å². The fourth-order valence-electron chi connectivity index (χ4n) is 3.11. The molecular weight excluding hydrogens is 346 g/mol. The highest BCUT2D eigenvalue weighted by Gasteiger charge is 2.34. The van der Waals surface area contributed by atoms with E-state index in [0.29, 0.717) is 12.2 Å². The summed E-state index contributed by atoms with van der Waals surface area (Å²) in [6.45, 7) is 6.14. The average Bonchev–Trinajstić information content (AvgIpc) is 2.60. The van der Waals surface area contributed by atoms with Gasteiger partial charge in [0.1, 0.15) is 17.1 Å². The number of benzene rings is 2. The van der Waals surface area contributed by atoms with Crippen molar-refractivity contribution in [2.24, 2.45) is 0 Å². The van der Waals surface area contributed by atoms with Crippen molar-refractivity contribution < 1.29 is 14.3 Å². The smallest absolute Gasteiger partial charge is 0.230 e. The molecule has 5 heteroatoms. The lowest BCUT2D eigenvalue weighted by Crippen LogP contribution is -2.41. The number of hydrogen-bond donors (Lipinski definition) is 1. The molecule has 0 aliphatic carbocycles. The number of carbonyl (C=O) groups is 1. The maximum absolute atomic E-state index is 12.5. The Morgan fingerprint density at radius 3 is 2.69 bits per heavy atom. The van der Waals surface area contributed by atoms with Crippen LogP contribution in [0.3, 0.4) is 0 Å². The molecule has 2 aromatic rings. The highest BCUT2D eigenvalue weighted by molar-refractivity contribution is 8.00. The van der Waals surface area contributed by atoms with Crippen LogP contribution in [0.4, 0.5) is 0 Å². The molecule has 1 unspecified atom stereocenters. The highest BCUT2D eigenvalue weighted by Crippen LogP contribution is 2.41. The third-order valence-electron chi connectivity index (χ3n) is 4.40. The quantitative estimate of drug-likeness (QED) is 0.786. The first-order chi connectivity index (χ1) is 12.4. The predicted molar refractivity (Wildman–Crippen MR) is 105 cm³/mol. The summed E-state index contributed by atoms with van der Waals surface area (Å²) in [7, 11) is 1.64.